The maximum Gasteiger partial charge on any atom is 0.238 e. The molecule has 6 heteroatoms. The van der Waals surface area contributed by atoms with E-state index in [0.717, 1.165) is 48.3 Å². The topological polar surface area (TPSA) is 52.7 Å². The minimum absolute atomic E-state index is 0.0396. The second-order valence-electron chi connectivity index (χ2n) is 8.20. The van der Waals surface area contributed by atoms with Crippen LogP contribution < -0.4 is 15.1 Å². The Morgan fingerprint density at radius 3 is 2.58 bits per heavy atom. The Bertz CT molecular complexity index is 898. The van der Waals surface area contributed by atoms with Crippen molar-refractivity contribution in [2.45, 2.75) is 44.9 Å². The van der Waals surface area contributed by atoms with Gasteiger partial charge in [0, 0.05) is 37.1 Å². The minimum atomic E-state index is -0.100. The van der Waals surface area contributed by atoms with E-state index in [4.69, 9.17) is 0 Å². The molecule has 5 nitrogen and oxygen atoms in total. The van der Waals surface area contributed by atoms with Crippen LogP contribution in [0.2, 0.25) is 0 Å². The number of hydrogen-bond donors (Lipinski definition) is 1. The molecular weight excluding hydrogens is 406 g/mol. The summed E-state index contributed by atoms with van der Waals surface area (Å²) in [5.74, 6) is 0.677. The molecule has 1 saturated heterocycles. The van der Waals surface area contributed by atoms with Crippen molar-refractivity contribution in [3.8, 4) is 0 Å². The molecule has 0 spiro atoms. The Labute approximate surface area is 190 Å². The number of hydrogen-bond acceptors (Lipinski definition) is 4. The lowest BCUT2D eigenvalue weighted by Crippen LogP contribution is -2.28. The number of nitrogens with one attached hydrogen (secondary N) is 1. The predicted octanol–water partition coefficient (Wildman–Crippen LogP) is 5.69. The first-order valence-corrected chi connectivity index (χ1v) is 12.1. The van der Waals surface area contributed by atoms with Crippen LogP contribution in [-0.2, 0) is 9.59 Å². The van der Waals surface area contributed by atoms with Crippen LogP contribution in [0.1, 0.15) is 50.5 Å². The van der Waals surface area contributed by atoms with Gasteiger partial charge in [-0.25, -0.2) is 0 Å². The van der Waals surface area contributed by atoms with E-state index < -0.39 is 0 Å². The number of benzene rings is 2. The van der Waals surface area contributed by atoms with Crippen LogP contribution in [-0.4, -0.2) is 31.7 Å². The molecule has 0 aliphatic carbocycles. The molecule has 2 amide bonds. The van der Waals surface area contributed by atoms with E-state index in [-0.39, 0.29) is 23.1 Å². The van der Waals surface area contributed by atoms with Crippen molar-refractivity contribution >= 4 is 40.6 Å². The van der Waals surface area contributed by atoms with Crippen molar-refractivity contribution in [2.75, 3.05) is 35.0 Å². The summed E-state index contributed by atoms with van der Waals surface area (Å²) in [6.07, 6.45) is 3.92. The van der Waals surface area contributed by atoms with Gasteiger partial charge in [0.15, 0.2) is 0 Å². The fraction of sp³-hybridized carbons (Fsp3) is 0.440. The molecule has 0 aromatic heterocycles. The Hall–Kier alpha value is -2.47. The fourth-order valence-electron chi connectivity index (χ4n) is 3.85. The van der Waals surface area contributed by atoms with Crippen molar-refractivity contribution < 1.29 is 9.59 Å². The average Bonchev–Trinajstić information content (AvgIpc) is 3.16. The number of carbonyl (C=O) groups excluding carboxylic acids is 2. The van der Waals surface area contributed by atoms with Gasteiger partial charge in [0.2, 0.25) is 11.8 Å². The number of rotatable bonds is 9. The standard InChI is InChI=1S/C25H33N3O2S/c1-5-7-9-18(6-2)24(30)26-20-11-8-10-19(16-20)25-28(23(29)17-31-25)22-14-12-21(13-15-22)27(3)4/h8,10-16,18,25H,5-7,9,17H2,1-4H3,(H,26,30)/t18-,25-/m0/s1. The molecule has 2 aromatic rings. The second-order valence-corrected chi connectivity index (χ2v) is 9.27. The molecule has 0 unspecified atom stereocenters. The molecule has 2 atom stereocenters. The molecule has 1 heterocycles. The van der Waals surface area contributed by atoms with Crippen molar-refractivity contribution in [3.05, 3.63) is 54.1 Å². The summed E-state index contributed by atoms with van der Waals surface area (Å²) in [4.78, 5) is 29.3. The zero-order valence-electron chi connectivity index (χ0n) is 18.9. The summed E-state index contributed by atoms with van der Waals surface area (Å²) < 4.78 is 0. The second kappa shape index (κ2) is 10.7. The largest absolute Gasteiger partial charge is 0.378 e. The van der Waals surface area contributed by atoms with E-state index in [0.29, 0.717) is 5.75 Å². The van der Waals surface area contributed by atoms with Crippen LogP contribution in [0.4, 0.5) is 17.1 Å². The molecule has 1 N–H and O–H groups in total. The first-order valence-electron chi connectivity index (χ1n) is 11.1. The van der Waals surface area contributed by atoms with Gasteiger partial charge in [-0.05, 0) is 54.8 Å². The molecule has 0 saturated carbocycles. The van der Waals surface area contributed by atoms with Gasteiger partial charge in [-0.1, -0.05) is 38.8 Å². The average molecular weight is 440 g/mol. The van der Waals surface area contributed by atoms with Gasteiger partial charge in [-0.2, -0.15) is 0 Å². The van der Waals surface area contributed by atoms with Gasteiger partial charge < -0.3 is 10.2 Å². The summed E-state index contributed by atoms with van der Waals surface area (Å²) in [5, 5.41) is 2.99. The van der Waals surface area contributed by atoms with Gasteiger partial charge >= 0.3 is 0 Å². The highest BCUT2D eigenvalue weighted by Gasteiger charge is 2.34. The maximum absolute atomic E-state index is 12.7. The molecular formula is C25H33N3O2S. The SMILES string of the molecule is CCCC[C@H](CC)C(=O)Nc1cccc([C@@H]2SCC(=O)N2c2ccc(N(C)C)cc2)c1. The van der Waals surface area contributed by atoms with Crippen molar-refractivity contribution in [1.82, 2.24) is 0 Å². The predicted molar refractivity (Wildman–Crippen MR) is 132 cm³/mol. The number of thioether (sulfide) groups is 1. The Morgan fingerprint density at radius 1 is 1.19 bits per heavy atom. The molecule has 31 heavy (non-hydrogen) atoms. The first kappa shape index (κ1) is 23.2. The lowest BCUT2D eigenvalue weighted by atomic mass is 9.98. The third kappa shape index (κ3) is 5.62. The third-order valence-electron chi connectivity index (χ3n) is 5.72. The van der Waals surface area contributed by atoms with Gasteiger partial charge in [0.25, 0.3) is 0 Å². The highest BCUT2D eigenvalue weighted by Crippen LogP contribution is 2.42. The molecule has 1 aliphatic rings. The van der Waals surface area contributed by atoms with Crippen LogP contribution >= 0.6 is 11.8 Å². The van der Waals surface area contributed by atoms with Crippen molar-refractivity contribution in [3.63, 3.8) is 0 Å². The van der Waals surface area contributed by atoms with Crippen LogP contribution in [0.25, 0.3) is 0 Å². The molecule has 3 rings (SSSR count). The number of unbranched alkanes of at least 4 members (excludes halogenated alkanes) is 1. The van der Waals surface area contributed by atoms with E-state index in [2.05, 4.69) is 19.2 Å². The van der Waals surface area contributed by atoms with Gasteiger partial charge in [0.1, 0.15) is 5.37 Å². The smallest absolute Gasteiger partial charge is 0.238 e. The summed E-state index contributed by atoms with van der Waals surface area (Å²) in [6, 6.07) is 16.0. The normalized spacial score (nSPS) is 17.0. The lowest BCUT2D eigenvalue weighted by molar-refractivity contribution is -0.120. The molecule has 166 valence electrons. The van der Waals surface area contributed by atoms with Crippen molar-refractivity contribution in [1.29, 1.82) is 0 Å². The molecule has 0 radical (unpaired) electrons. The minimum Gasteiger partial charge on any atom is -0.378 e. The maximum atomic E-state index is 12.7. The highest BCUT2D eigenvalue weighted by atomic mass is 32.2. The fourth-order valence-corrected chi connectivity index (χ4v) is 5.01. The quantitative estimate of drug-likeness (QED) is 0.546. The molecule has 1 aliphatic heterocycles. The van der Waals surface area contributed by atoms with E-state index >= 15 is 0 Å². The Balaban J connectivity index is 1.78. The first-order chi connectivity index (χ1) is 14.9. The molecule has 0 bridgehead atoms. The Kier molecular flexibility index (Phi) is 8.02. The summed E-state index contributed by atoms with van der Waals surface area (Å²) >= 11 is 1.62. The lowest BCUT2D eigenvalue weighted by Gasteiger charge is -2.25. The zero-order chi connectivity index (χ0) is 22.4. The van der Waals surface area contributed by atoms with E-state index in [1.165, 1.54) is 0 Å². The number of amides is 2. The number of carbonyl (C=O) groups is 2. The summed E-state index contributed by atoms with van der Waals surface area (Å²) in [7, 11) is 4.00. The third-order valence-corrected chi connectivity index (χ3v) is 6.93. The van der Waals surface area contributed by atoms with Gasteiger partial charge in [-0.15, -0.1) is 11.8 Å². The van der Waals surface area contributed by atoms with E-state index in [1.807, 2.05) is 72.4 Å². The highest BCUT2D eigenvalue weighted by molar-refractivity contribution is 8.00. The van der Waals surface area contributed by atoms with Crippen LogP contribution in [0.3, 0.4) is 0 Å². The molecule has 2 aromatic carbocycles. The van der Waals surface area contributed by atoms with Crippen LogP contribution in [0.5, 0.6) is 0 Å². The Morgan fingerprint density at radius 2 is 1.94 bits per heavy atom. The number of anilines is 3. The van der Waals surface area contributed by atoms with Gasteiger partial charge in [-0.3, -0.25) is 14.5 Å². The van der Waals surface area contributed by atoms with Crippen LogP contribution in [0.15, 0.2) is 48.5 Å². The van der Waals surface area contributed by atoms with Gasteiger partial charge in [0.05, 0.1) is 5.75 Å². The van der Waals surface area contributed by atoms with E-state index in [1.54, 1.807) is 11.8 Å². The van der Waals surface area contributed by atoms with Crippen LogP contribution in [0, 0.1) is 5.92 Å². The monoisotopic (exact) mass is 439 g/mol. The number of nitrogens with zero attached hydrogens (tertiary/aromatic N) is 2. The summed E-state index contributed by atoms with van der Waals surface area (Å²) in [5.41, 5.74) is 3.80. The van der Waals surface area contributed by atoms with E-state index in [9.17, 15) is 9.59 Å². The molecule has 1 fully saturated rings. The summed E-state index contributed by atoms with van der Waals surface area (Å²) in [6.45, 7) is 4.21. The van der Waals surface area contributed by atoms with Crippen molar-refractivity contribution in [2.24, 2.45) is 5.92 Å². The zero-order valence-corrected chi connectivity index (χ0v) is 19.7.